The fraction of sp³-hybridized carbons (Fsp3) is 0.556. The minimum Gasteiger partial charge on any atom is -0.368 e. The van der Waals surface area contributed by atoms with E-state index < -0.39 is 0 Å². The first kappa shape index (κ1) is 8.81. The van der Waals surface area contributed by atoms with Crippen molar-refractivity contribution in [1.29, 1.82) is 0 Å². The number of rotatable bonds is 3. The largest absolute Gasteiger partial charge is 0.368 e. The average Bonchev–Trinajstić information content (AvgIpc) is 2.69. The minimum absolute atomic E-state index is 0.812. The summed E-state index contributed by atoms with van der Waals surface area (Å²) in [5.74, 6) is 4.30. The van der Waals surface area contributed by atoms with Crippen LogP contribution in [-0.2, 0) is 0 Å². The summed E-state index contributed by atoms with van der Waals surface area (Å²) in [7, 11) is 0. The zero-order valence-electron chi connectivity index (χ0n) is 7.44. The van der Waals surface area contributed by atoms with E-state index in [0.717, 1.165) is 18.3 Å². The highest BCUT2D eigenvalue weighted by Crippen LogP contribution is 2.23. The first-order valence-electron chi connectivity index (χ1n) is 4.54. The lowest BCUT2D eigenvalue weighted by Gasteiger charge is -2.09. The van der Waals surface area contributed by atoms with Gasteiger partial charge in [0.05, 0.1) is 0 Å². The molecule has 1 atom stereocenters. The quantitative estimate of drug-likeness (QED) is 0.795. The molecule has 0 aliphatic carbocycles. The van der Waals surface area contributed by atoms with E-state index in [0.29, 0.717) is 0 Å². The van der Waals surface area contributed by atoms with Crippen LogP contribution in [0, 0.1) is 5.92 Å². The van der Waals surface area contributed by atoms with Crippen molar-refractivity contribution in [1.82, 2.24) is 10.2 Å². The van der Waals surface area contributed by atoms with Gasteiger partial charge in [-0.15, -0.1) is 5.10 Å². The molecule has 4 heteroatoms. The lowest BCUT2D eigenvalue weighted by Crippen LogP contribution is -2.14. The molecule has 0 amide bonds. The van der Waals surface area contributed by atoms with E-state index in [2.05, 4.69) is 15.5 Å². The number of aromatic nitrogens is 2. The van der Waals surface area contributed by atoms with Crippen LogP contribution in [-0.4, -0.2) is 28.2 Å². The molecule has 1 N–H and O–H groups in total. The van der Waals surface area contributed by atoms with Gasteiger partial charge in [-0.05, 0) is 36.0 Å². The molecule has 0 radical (unpaired) electrons. The molecule has 2 rings (SSSR count). The van der Waals surface area contributed by atoms with E-state index in [1.165, 1.54) is 17.9 Å². The minimum atomic E-state index is 0.812. The maximum Gasteiger partial charge on any atom is 0.148 e. The Morgan fingerprint density at radius 2 is 2.62 bits per heavy atom. The van der Waals surface area contributed by atoms with Gasteiger partial charge in [0, 0.05) is 12.7 Å². The topological polar surface area (TPSA) is 37.8 Å². The third-order valence-electron chi connectivity index (χ3n) is 2.17. The molecule has 0 spiro atoms. The van der Waals surface area contributed by atoms with Gasteiger partial charge < -0.3 is 5.32 Å². The standard InChI is InChI=1S/C9H13N3S/c1-2-9(12-11-4-1)10-6-8-3-5-13-7-8/h1-2,4,8H,3,5-7H2,(H,10,12). The molecule has 1 saturated heterocycles. The van der Waals surface area contributed by atoms with Crippen molar-refractivity contribution in [2.45, 2.75) is 6.42 Å². The number of nitrogens with zero attached hydrogens (tertiary/aromatic N) is 2. The Morgan fingerprint density at radius 3 is 3.31 bits per heavy atom. The van der Waals surface area contributed by atoms with Crippen LogP contribution in [0.5, 0.6) is 0 Å². The van der Waals surface area contributed by atoms with Crippen molar-refractivity contribution in [2.24, 2.45) is 5.92 Å². The molecular formula is C9H13N3S. The van der Waals surface area contributed by atoms with Crippen LogP contribution in [0.15, 0.2) is 18.3 Å². The lowest BCUT2D eigenvalue weighted by atomic mass is 10.1. The van der Waals surface area contributed by atoms with Crippen LogP contribution in [0.3, 0.4) is 0 Å². The second-order valence-electron chi connectivity index (χ2n) is 3.22. The van der Waals surface area contributed by atoms with Crippen LogP contribution in [0.2, 0.25) is 0 Å². The van der Waals surface area contributed by atoms with Crippen molar-refractivity contribution in [3.63, 3.8) is 0 Å². The highest BCUT2D eigenvalue weighted by Gasteiger charge is 2.14. The predicted molar refractivity (Wildman–Crippen MR) is 56.0 cm³/mol. The van der Waals surface area contributed by atoms with Gasteiger partial charge in [-0.2, -0.15) is 16.9 Å². The fourth-order valence-corrected chi connectivity index (χ4v) is 2.67. The molecule has 0 bridgehead atoms. The Morgan fingerprint density at radius 1 is 1.62 bits per heavy atom. The zero-order valence-corrected chi connectivity index (χ0v) is 8.26. The smallest absolute Gasteiger partial charge is 0.148 e. The first-order valence-corrected chi connectivity index (χ1v) is 5.70. The van der Waals surface area contributed by atoms with Gasteiger partial charge >= 0.3 is 0 Å². The van der Waals surface area contributed by atoms with Gasteiger partial charge in [0.15, 0.2) is 0 Å². The number of nitrogens with one attached hydrogen (secondary N) is 1. The predicted octanol–water partition coefficient (Wildman–Crippen LogP) is 1.64. The van der Waals surface area contributed by atoms with Gasteiger partial charge in [0.1, 0.15) is 5.82 Å². The molecule has 0 aromatic carbocycles. The maximum absolute atomic E-state index is 3.97. The van der Waals surface area contributed by atoms with E-state index in [9.17, 15) is 0 Å². The van der Waals surface area contributed by atoms with Crippen molar-refractivity contribution in [3.8, 4) is 0 Å². The summed E-state index contributed by atoms with van der Waals surface area (Å²) in [4.78, 5) is 0. The lowest BCUT2D eigenvalue weighted by molar-refractivity contribution is 0.630. The van der Waals surface area contributed by atoms with Gasteiger partial charge in [0.2, 0.25) is 0 Å². The Bertz CT molecular complexity index is 246. The molecule has 1 fully saturated rings. The maximum atomic E-state index is 3.97. The molecule has 13 heavy (non-hydrogen) atoms. The summed E-state index contributed by atoms with van der Waals surface area (Å²) in [5.41, 5.74) is 0. The van der Waals surface area contributed by atoms with E-state index in [1.54, 1.807) is 6.20 Å². The highest BCUT2D eigenvalue weighted by molar-refractivity contribution is 7.99. The molecule has 1 unspecified atom stereocenters. The van der Waals surface area contributed by atoms with Crippen molar-refractivity contribution in [2.75, 3.05) is 23.4 Å². The molecule has 2 heterocycles. The van der Waals surface area contributed by atoms with Crippen LogP contribution >= 0.6 is 11.8 Å². The average molecular weight is 195 g/mol. The summed E-state index contributed by atoms with van der Waals surface area (Å²) in [6.45, 7) is 1.03. The summed E-state index contributed by atoms with van der Waals surface area (Å²) in [6, 6.07) is 3.85. The second kappa shape index (κ2) is 4.46. The molecule has 1 aliphatic heterocycles. The number of anilines is 1. The molecular weight excluding hydrogens is 182 g/mol. The van der Waals surface area contributed by atoms with E-state index in [-0.39, 0.29) is 0 Å². The first-order chi connectivity index (χ1) is 6.45. The molecule has 0 saturated carbocycles. The third kappa shape index (κ3) is 2.59. The normalized spacial score (nSPS) is 21.7. The Balaban J connectivity index is 1.79. The Hall–Kier alpha value is -0.770. The molecule has 3 nitrogen and oxygen atoms in total. The fourth-order valence-electron chi connectivity index (χ4n) is 1.39. The molecule has 1 aromatic rings. The van der Waals surface area contributed by atoms with E-state index >= 15 is 0 Å². The van der Waals surface area contributed by atoms with E-state index in [1.807, 2.05) is 23.9 Å². The van der Waals surface area contributed by atoms with Crippen molar-refractivity contribution >= 4 is 17.6 Å². The highest BCUT2D eigenvalue weighted by atomic mass is 32.2. The van der Waals surface area contributed by atoms with Gasteiger partial charge in [-0.1, -0.05) is 0 Å². The van der Waals surface area contributed by atoms with Crippen LogP contribution < -0.4 is 5.32 Å². The molecule has 1 aromatic heterocycles. The van der Waals surface area contributed by atoms with E-state index in [4.69, 9.17) is 0 Å². The number of hydrogen-bond acceptors (Lipinski definition) is 4. The van der Waals surface area contributed by atoms with Crippen LogP contribution in [0.1, 0.15) is 6.42 Å². The summed E-state index contributed by atoms with van der Waals surface area (Å²) >= 11 is 2.04. The van der Waals surface area contributed by atoms with Crippen molar-refractivity contribution < 1.29 is 0 Å². The summed E-state index contributed by atoms with van der Waals surface area (Å²) in [6.07, 6.45) is 3.02. The monoisotopic (exact) mass is 195 g/mol. The van der Waals surface area contributed by atoms with Gasteiger partial charge in [-0.3, -0.25) is 0 Å². The van der Waals surface area contributed by atoms with Crippen LogP contribution in [0.25, 0.3) is 0 Å². The summed E-state index contributed by atoms with van der Waals surface area (Å²) < 4.78 is 0. The Labute approximate surface area is 82.3 Å². The second-order valence-corrected chi connectivity index (χ2v) is 4.37. The van der Waals surface area contributed by atoms with Gasteiger partial charge in [-0.25, -0.2) is 0 Å². The zero-order chi connectivity index (χ0) is 8.93. The summed E-state index contributed by atoms with van der Waals surface area (Å²) in [5, 5.41) is 11.1. The SMILES string of the molecule is c1cnnc(NCC2CCSC2)c1. The van der Waals surface area contributed by atoms with Crippen molar-refractivity contribution in [3.05, 3.63) is 18.3 Å². The molecule has 1 aliphatic rings. The van der Waals surface area contributed by atoms with Gasteiger partial charge in [0.25, 0.3) is 0 Å². The number of thioether (sulfide) groups is 1. The molecule has 70 valence electrons. The Kier molecular flexibility index (Phi) is 3.02. The van der Waals surface area contributed by atoms with Crippen LogP contribution in [0.4, 0.5) is 5.82 Å². The third-order valence-corrected chi connectivity index (χ3v) is 3.40. The number of hydrogen-bond donors (Lipinski definition) is 1.